The van der Waals surface area contributed by atoms with Gasteiger partial charge in [-0.05, 0) is 57.4 Å². The molecule has 0 radical (unpaired) electrons. The molecule has 1 saturated carbocycles. The Hall–Kier alpha value is -2.01. The van der Waals surface area contributed by atoms with E-state index >= 15 is 0 Å². The Balaban J connectivity index is 1.66. The molecule has 2 aromatic rings. The zero-order valence-corrected chi connectivity index (χ0v) is 13.9. The first kappa shape index (κ1) is 15.9. The molecular weight excluding hydrogens is 292 g/mol. The van der Waals surface area contributed by atoms with E-state index < -0.39 is 0 Å². The van der Waals surface area contributed by atoms with Crippen molar-refractivity contribution in [3.63, 3.8) is 0 Å². The second-order valence-corrected chi connectivity index (χ2v) is 6.32. The van der Waals surface area contributed by atoms with Crippen LogP contribution in [-0.2, 0) is 4.79 Å². The topological polar surface area (TPSA) is 63.5 Å². The fourth-order valence-corrected chi connectivity index (χ4v) is 2.83. The highest BCUT2D eigenvalue weighted by Gasteiger charge is 2.22. The number of nitrogens with one attached hydrogen (secondary N) is 2. The van der Waals surface area contributed by atoms with Gasteiger partial charge in [0.1, 0.15) is 17.1 Å². The lowest BCUT2D eigenvalue weighted by Crippen LogP contribution is -2.36. The average molecular weight is 316 g/mol. The van der Waals surface area contributed by atoms with Crippen LogP contribution in [0.5, 0.6) is 5.75 Å². The van der Waals surface area contributed by atoms with Crippen molar-refractivity contribution < 1.29 is 13.9 Å². The molecule has 5 nitrogen and oxygen atoms in total. The molecule has 1 aromatic heterocycles. The number of carbonyl (C=O) groups excluding carboxylic acids is 1. The first-order valence-corrected chi connectivity index (χ1v) is 8.15. The number of aryl methyl sites for hydroxylation is 1. The number of carbonyl (C=O) groups is 1. The minimum Gasteiger partial charge on any atom is -0.497 e. The Morgan fingerprint density at radius 2 is 2.22 bits per heavy atom. The molecule has 1 amide bonds. The van der Waals surface area contributed by atoms with Gasteiger partial charge in [-0.25, -0.2) is 0 Å². The van der Waals surface area contributed by atoms with Crippen molar-refractivity contribution in [2.75, 3.05) is 20.2 Å². The number of rotatable bonds is 7. The predicted molar refractivity (Wildman–Crippen MR) is 89.7 cm³/mol. The zero-order chi connectivity index (χ0) is 16.4. The molecule has 0 spiro atoms. The SMILES string of the molecule is COc1ccc2oc(C(C)NC(=O)CNCC3CC3)c(C)c2c1. The third kappa shape index (κ3) is 3.67. The van der Waals surface area contributed by atoms with Gasteiger partial charge < -0.3 is 19.8 Å². The van der Waals surface area contributed by atoms with E-state index in [2.05, 4.69) is 10.6 Å². The van der Waals surface area contributed by atoms with Gasteiger partial charge in [0.2, 0.25) is 5.91 Å². The quantitative estimate of drug-likeness (QED) is 0.824. The fourth-order valence-electron chi connectivity index (χ4n) is 2.83. The Labute approximate surface area is 136 Å². The van der Waals surface area contributed by atoms with Gasteiger partial charge in [-0.1, -0.05) is 0 Å². The molecule has 0 aliphatic heterocycles. The number of ether oxygens (including phenoxy) is 1. The summed E-state index contributed by atoms with van der Waals surface area (Å²) in [6.07, 6.45) is 2.57. The van der Waals surface area contributed by atoms with E-state index in [0.29, 0.717) is 6.54 Å². The number of benzene rings is 1. The fraction of sp³-hybridized carbons (Fsp3) is 0.500. The van der Waals surface area contributed by atoms with E-state index in [4.69, 9.17) is 9.15 Å². The molecule has 3 rings (SSSR count). The summed E-state index contributed by atoms with van der Waals surface area (Å²) in [4.78, 5) is 12.0. The number of hydrogen-bond donors (Lipinski definition) is 2. The average Bonchev–Trinajstić information content (AvgIpc) is 3.30. The Morgan fingerprint density at radius 3 is 2.91 bits per heavy atom. The van der Waals surface area contributed by atoms with Gasteiger partial charge in [-0.15, -0.1) is 0 Å². The molecule has 1 heterocycles. The van der Waals surface area contributed by atoms with Crippen LogP contribution in [-0.4, -0.2) is 26.1 Å². The number of hydrogen-bond acceptors (Lipinski definition) is 4. The smallest absolute Gasteiger partial charge is 0.234 e. The van der Waals surface area contributed by atoms with Gasteiger partial charge in [-0.3, -0.25) is 4.79 Å². The van der Waals surface area contributed by atoms with Crippen molar-refractivity contribution in [3.8, 4) is 5.75 Å². The van der Waals surface area contributed by atoms with Crippen molar-refractivity contribution in [2.45, 2.75) is 32.7 Å². The monoisotopic (exact) mass is 316 g/mol. The molecule has 1 fully saturated rings. The van der Waals surface area contributed by atoms with Crippen LogP contribution in [0.1, 0.15) is 37.1 Å². The molecule has 0 bridgehead atoms. The first-order chi connectivity index (χ1) is 11.1. The molecule has 2 N–H and O–H groups in total. The second-order valence-electron chi connectivity index (χ2n) is 6.32. The Morgan fingerprint density at radius 1 is 1.43 bits per heavy atom. The molecule has 124 valence electrons. The third-order valence-electron chi connectivity index (χ3n) is 4.37. The van der Waals surface area contributed by atoms with Gasteiger partial charge in [0.15, 0.2) is 0 Å². The number of furan rings is 1. The molecule has 5 heteroatoms. The Bertz CT molecular complexity index is 704. The Kier molecular flexibility index (Phi) is 4.57. The normalized spacial score (nSPS) is 15.6. The second kappa shape index (κ2) is 6.62. The highest BCUT2D eigenvalue weighted by molar-refractivity contribution is 5.84. The maximum absolute atomic E-state index is 12.0. The molecule has 1 aliphatic carbocycles. The van der Waals surface area contributed by atoms with E-state index in [1.165, 1.54) is 12.8 Å². The van der Waals surface area contributed by atoms with Crippen LogP contribution in [0.25, 0.3) is 11.0 Å². The van der Waals surface area contributed by atoms with Crippen molar-refractivity contribution in [3.05, 3.63) is 29.5 Å². The summed E-state index contributed by atoms with van der Waals surface area (Å²) < 4.78 is 11.2. The van der Waals surface area contributed by atoms with Gasteiger partial charge in [0.05, 0.1) is 19.7 Å². The van der Waals surface area contributed by atoms with Crippen LogP contribution in [0.2, 0.25) is 0 Å². The van der Waals surface area contributed by atoms with E-state index in [1.807, 2.05) is 32.0 Å². The number of amides is 1. The van der Waals surface area contributed by atoms with Crippen molar-refractivity contribution in [1.29, 1.82) is 0 Å². The van der Waals surface area contributed by atoms with Gasteiger partial charge in [-0.2, -0.15) is 0 Å². The maximum atomic E-state index is 12.0. The predicted octanol–water partition coefficient (Wildman–Crippen LogP) is 2.93. The highest BCUT2D eigenvalue weighted by atomic mass is 16.5. The molecule has 1 atom stereocenters. The zero-order valence-electron chi connectivity index (χ0n) is 13.9. The van der Waals surface area contributed by atoms with Crippen LogP contribution in [0.3, 0.4) is 0 Å². The lowest BCUT2D eigenvalue weighted by molar-refractivity contribution is -0.121. The molecule has 1 unspecified atom stereocenters. The summed E-state index contributed by atoms with van der Waals surface area (Å²) in [5.74, 6) is 2.36. The largest absolute Gasteiger partial charge is 0.497 e. The lowest BCUT2D eigenvalue weighted by Gasteiger charge is -2.13. The summed E-state index contributed by atoms with van der Waals surface area (Å²) in [6.45, 7) is 5.24. The summed E-state index contributed by atoms with van der Waals surface area (Å²) in [7, 11) is 1.65. The molecule has 23 heavy (non-hydrogen) atoms. The number of fused-ring (bicyclic) bond motifs is 1. The number of methoxy groups -OCH3 is 1. The maximum Gasteiger partial charge on any atom is 0.234 e. The van der Waals surface area contributed by atoms with Crippen molar-refractivity contribution in [1.82, 2.24) is 10.6 Å². The van der Waals surface area contributed by atoms with Crippen LogP contribution in [0, 0.1) is 12.8 Å². The van der Waals surface area contributed by atoms with Gasteiger partial charge >= 0.3 is 0 Å². The minimum atomic E-state index is -0.163. The third-order valence-corrected chi connectivity index (χ3v) is 4.37. The van der Waals surface area contributed by atoms with Crippen LogP contribution < -0.4 is 15.4 Å². The molecule has 1 aromatic carbocycles. The van der Waals surface area contributed by atoms with Gasteiger partial charge in [0.25, 0.3) is 0 Å². The highest BCUT2D eigenvalue weighted by Crippen LogP contribution is 2.31. The summed E-state index contributed by atoms with van der Waals surface area (Å²) in [5, 5.41) is 7.22. The lowest BCUT2D eigenvalue weighted by atomic mass is 10.1. The van der Waals surface area contributed by atoms with Crippen LogP contribution >= 0.6 is 0 Å². The van der Waals surface area contributed by atoms with Gasteiger partial charge in [0, 0.05) is 10.9 Å². The van der Waals surface area contributed by atoms with Crippen LogP contribution in [0.4, 0.5) is 0 Å². The summed E-state index contributed by atoms with van der Waals surface area (Å²) >= 11 is 0. The van der Waals surface area contributed by atoms with E-state index in [-0.39, 0.29) is 11.9 Å². The molecule has 0 saturated heterocycles. The first-order valence-electron chi connectivity index (χ1n) is 8.15. The summed E-state index contributed by atoms with van der Waals surface area (Å²) in [6, 6.07) is 5.57. The van der Waals surface area contributed by atoms with Crippen LogP contribution in [0.15, 0.2) is 22.6 Å². The van der Waals surface area contributed by atoms with Crippen molar-refractivity contribution in [2.24, 2.45) is 5.92 Å². The van der Waals surface area contributed by atoms with Crippen molar-refractivity contribution >= 4 is 16.9 Å². The minimum absolute atomic E-state index is 0.00409. The van der Waals surface area contributed by atoms with E-state index in [0.717, 1.165) is 40.5 Å². The summed E-state index contributed by atoms with van der Waals surface area (Å²) in [5.41, 5.74) is 1.85. The molecular formula is C18H24N2O3. The standard InChI is InChI=1S/C18H24N2O3/c1-11-15-8-14(22-3)6-7-16(15)23-18(11)12(2)20-17(21)10-19-9-13-4-5-13/h6-8,12-13,19H,4-5,9-10H2,1-3H3,(H,20,21). The van der Waals surface area contributed by atoms with E-state index in [9.17, 15) is 4.79 Å². The van der Waals surface area contributed by atoms with E-state index in [1.54, 1.807) is 7.11 Å². The molecule has 1 aliphatic rings.